The Morgan fingerprint density at radius 1 is 1.00 bits per heavy atom. The highest BCUT2D eigenvalue weighted by molar-refractivity contribution is 7.91. The molecule has 0 radical (unpaired) electrons. The van der Waals surface area contributed by atoms with Crippen LogP contribution in [0.4, 0.5) is 26.3 Å². The van der Waals surface area contributed by atoms with E-state index in [2.05, 4.69) is 0 Å². The molecule has 0 heterocycles. The van der Waals surface area contributed by atoms with Gasteiger partial charge in [0.25, 0.3) is 10.0 Å². The summed E-state index contributed by atoms with van der Waals surface area (Å²) in [5.41, 5.74) is 0. The van der Waals surface area contributed by atoms with E-state index in [4.69, 9.17) is 4.55 Å². The molecular weight excluding hydrogens is 396 g/mol. The van der Waals surface area contributed by atoms with Crippen molar-refractivity contribution in [2.45, 2.75) is 16.4 Å². The lowest BCUT2D eigenvalue weighted by atomic mass is 10.3. The van der Waals surface area contributed by atoms with Crippen LogP contribution in [0, 0.1) is 0 Å². The highest BCUT2D eigenvalue weighted by Crippen LogP contribution is 2.50. The second-order valence-corrected chi connectivity index (χ2v) is 7.78. The van der Waals surface area contributed by atoms with Gasteiger partial charge < -0.3 is 4.55 Å². The molecule has 0 spiro atoms. The lowest BCUT2D eigenvalue weighted by molar-refractivity contribution is -0.246. The highest BCUT2D eigenvalue weighted by Gasteiger charge is 2.82. The van der Waals surface area contributed by atoms with Crippen LogP contribution >= 0.6 is 0 Å². The fourth-order valence-corrected chi connectivity index (χ4v) is 2.78. The Labute approximate surface area is 122 Å². The summed E-state index contributed by atoms with van der Waals surface area (Å²) in [6, 6.07) is 0. The van der Waals surface area contributed by atoms with Gasteiger partial charge in [0.05, 0.1) is 0 Å². The molecule has 0 fully saturated rings. The first-order valence-corrected chi connectivity index (χ1v) is 8.74. The molecule has 22 heavy (non-hydrogen) atoms. The van der Waals surface area contributed by atoms with E-state index in [1.54, 1.807) is 0 Å². The smallest absolute Gasteiger partial charge is 0.439 e. The third-order valence-electron chi connectivity index (χ3n) is 1.95. The second-order valence-electron chi connectivity index (χ2n) is 3.49. The van der Waals surface area contributed by atoms with E-state index in [0.717, 1.165) is 0 Å². The normalized spacial score (nSPS) is 16.5. The quantitative estimate of drug-likeness (QED) is 0.317. The molecule has 0 rings (SSSR count). The minimum absolute atomic E-state index is 0.600. The highest BCUT2D eigenvalue weighted by atomic mass is 32.2. The Kier molecular flexibility index (Phi) is 6.05. The molecule has 17 heteroatoms. The molecule has 0 aliphatic rings. The lowest BCUT2D eigenvalue weighted by Crippen LogP contribution is -2.62. The van der Waals surface area contributed by atoms with E-state index in [1.807, 2.05) is 0 Å². The minimum atomic E-state index is -7.09. The SMILES string of the molecule is O=S([O-])CCNS(=O)(=O)C(F)(F)C(F)(F)C(F)(F)S(=O)(=O)O. The molecule has 0 aromatic carbocycles. The van der Waals surface area contributed by atoms with Crippen LogP contribution < -0.4 is 4.72 Å². The van der Waals surface area contributed by atoms with Crippen LogP contribution in [0.3, 0.4) is 0 Å². The molecule has 0 aromatic heterocycles. The Hall–Kier alpha value is -0.490. The number of halogens is 6. The minimum Gasteiger partial charge on any atom is -0.772 e. The molecule has 2 N–H and O–H groups in total. The molecule has 0 aliphatic carbocycles. The number of sulfonamides is 1. The zero-order chi connectivity index (χ0) is 18.2. The molecule has 8 nitrogen and oxygen atoms in total. The first kappa shape index (κ1) is 21.5. The summed E-state index contributed by atoms with van der Waals surface area (Å²) in [5, 5.41) is -13.5. The van der Waals surface area contributed by atoms with Crippen molar-refractivity contribution in [2.75, 3.05) is 12.3 Å². The molecule has 134 valence electrons. The molecule has 0 aliphatic heterocycles. The van der Waals surface area contributed by atoms with Crippen LogP contribution in [-0.4, -0.2) is 58.9 Å². The fraction of sp³-hybridized carbons (Fsp3) is 1.00. The maximum atomic E-state index is 13.1. The van der Waals surface area contributed by atoms with E-state index in [0.29, 0.717) is 4.72 Å². The zero-order valence-electron chi connectivity index (χ0n) is 9.80. The van der Waals surface area contributed by atoms with Crippen molar-refractivity contribution in [2.24, 2.45) is 0 Å². The van der Waals surface area contributed by atoms with Crippen LogP contribution in [-0.2, 0) is 31.2 Å². The lowest BCUT2D eigenvalue weighted by Gasteiger charge is -2.30. The third-order valence-corrected chi connectivity index (χ3v) is 4.91. The van der Waals surface area contributed by atoms with Crippen molar-refractivity contribution < 1.29 is 56.5 Å². The molecular formula is C5H6F6NO7S3-. The van der Waals surface area contributed by atoms with Gasteiger partial charge in [-0.25, -0.2) is 13.1 Å². The largest absolute Gasteiger partial charge is 0.772 e. The van der Waals surface area contributed by atoms with Gasteiger partial charge in [-0.15, -0.1) is 0 Å². The second kappa shape index (κ2) is 6.19. The van der Waals surface area contributed by atoms with Gasteiger partial charge in [0, 0.05) is 12.3 Å². The molecule has 1 atom stereocenters. The van der Waals surface area contributed by atoms with Crippen LogP contribution in [0.2, 0.25) is 0 Å². The maximum absolute atomic E-state index is 13.1. The average Bonchev–Trinajstić information content (AvgIpc) is 2.25. The summed E-state index contributed by atoms with van der Waals surface area (Å²) in [4.78, 5) is 0. The van der Waals surface area contributed by atoms with Gasteiger partial charge in [-0.05, 0) is 0 Å². The molecule has 0 saturated carbocycles. The van der Waals surface area contributed by atoms with Gasteiger partial charge in [-0.1, -0.05) is 11.1 Å². The van der Waals surface area contributed by atoms with Crippen molar-refractivity contribution in [3.05, 3.63) is 0 Å². The van der Waals surface area contributed by atoms with E-state index in [-0.39, 0.29) is 0 Å². The van der Waals surface area contributed by atoms with Gasteiger partial charge in [-0.2, -0.15) is 34.8 Å². The molecule has 0 saturated heterocycles. The van der Waals surface area contributed by atoms with Crippen LogP contribution in [0.15, 0.2) is 0 Å². The van der Waals surface area contributed by atoms with Gasteiger partial charge in [0.15, 0.2) is 0 Å². The van der Waals surface area contributed by atoms with Gasteiger partial charge in [-0.3, -0.25) is 8.76 Å². The monoisotopic (exact) mass is 402 g/mol. The number of alkyl halides is 6. The molecule has 0 amide bonds. The maximum Gasteiger partial charge on any atom is 0.439 e. The van der Waals surface area contributed by atoms with E-state index in [1.165, 1.54) is 0 Å². The predicted molar refractivity (Wildman–Crippen MR) is 57.1 cm³/mol. The van der Waals surface area contributed by atoms with E-state index in [9.17, 15) is 51.9 Å². The molecule has 0 bridgehead atoms. The van der Waals surface area contributed by atoms with Crippen molar-refractivity contribution in [1.29, 1.82) is 0 Å². The number of nitrogens with one attached hydrogen (secondary N) is 1. The third kappa shape index (κ3) is 3.70. The molecule has 1 unspecified atom stereocenters. The average molecular weight is 402 g/mol. The fourth-order valence-electron chi connectivity index (χ4n) is 0.850. The number of hydrogen-bond acceptors (Lipinski definition) is 6. The summed E-state index contributed by atoms with van der Waals surface area (Å²) in [6.45, 7) is -1.37. The summed E-state index contributed by atoms with van der Waals surface area (Å²) in [6.07, 6.45) is 0. The summed E-state index contributed by atoms with van der Waals surface area (Å²) in [7, 11) is -13.7. The van der Waals surface area contributed by atoms with Crippen LogP contribution in [0.5, 0.6) is 0 Å². The summed E-state index contributed by atoms with van der Waals surface area (Å²) < 4.78 is 148. The van der Waals surface area contributed by atoms with Crippen LogP contribution in [0.1, 0.15) is 0 Å². The van der Waals surface area contributed by atoms with Gasteiger partial charge >= 0.3 is 26.5 Å². The van der Waals surface area contributed by atoms with Gasteiger partial charge in [0.1, 0.15) is 0 Å². The van der Waals surface area contributed by atoms with Crippen molar-refractivity contribution >= 4 is 31.2 Å². The Balaban J connectivity index is 5.75. The van der Waals surface area contributed by atoms with E-state index < -0.39 is 60.0 Å². The standard InChI is InChI=1S/C5H7F6NO7S3/c6-3(7,5(10,11)22(17,18)19)4(8,9)21(15,16)12-1-2-20(13)14/h12H,1-2H2,(H,13,14)(H,17,18,19)/p-1. The Bertz CT molecular complexity index is 644. The topological polar surface area (TPSA) is 141 Å². The van der Waals surface area contributed by atoms with E-state index >= 15 is 0 Å². The summed E-state index contributed by atoms with van der Waals surface area (Å²) >= 11 is -2.97. The first-order valence-electron chi connectivity index (χ1n) is 4.57. The van der Waals surface area contributed by atoms with Crippen molar-refractivity contribution in [3.8, 4) is 0 Å². The van der Waals surface area contributed by atoms with Crippen molar-refractivity contribution in [3.63, 3.8) is 0 Å². The first-order chi connectivity index (χ1) is 9.42. The Morgan fingerprint density at radius 3 is 1.73 bits per heavy atom. The zero-order valence-corrected chi connectivity index (χ0v) is 12.3. The van der Waals surface area contributed by atoms with Gasteiger partial charge in [0.2, 0.25) is 0 Å². The summed E-state index contributed by atoms with van der Waals surface area (Å²) in [5.74, 6) is -8.22. The Morgan fingerprint density at radius 2 is 1.41 bits per heavy atom. The molecule has 0 aromatic rings. The predicted octanol–water partition coefficient (Wildman–Crippen LogP) is -0.506. The number of hydrogen-bond donors (Lipinski definition) is 2. The van der Waals surface area contributed by atoms with Crippen molar-refractivity contribution in [1.82, 2.24) is 4.72 Å². The van der Waals surface area contributed by atoms with Crippen LogP contribution in [0.25, 0.3) is 0 Å². The number of rotatable bonds is 8.